The van der Waals surface area contributed by atoms with Gasteiger partial charge in [0.15, 0.2) is 0 Å². The lowest BCUT2D eigenvalue weighted by molar-refractivity contribution is 0.191. The number of amides is 2. The summed E-state index contributed by atoms with van der Waals surface area (Å²) in [7, 11) is 0. The third-order valence-electron chi connectivity index (χ3n) is 4.48. The normalized spacial score (nSPS) is 14.0. The van der Waals surface area contributed by atoms with Gasteiger partial charge in [-0.3, -0.25) is 0 Å². The molecule has 1 aromatic carbocycles. The number of aliphatic hydroxyl groups excluding tert-OH is 1. The molecule has 0 aliphatic carbocycles. The van der Waals surface area contributed by atoms with Crippen molar-refractivity contribution in [3.05, 3.63) is 52.6 Å². The van der Waals surface area contributed by atoms with Crippen molar-refractivity contribution in [1.29, 1.82) is 5.26 Å². The summed E-state index contributed by atoms with van der Waals surface area (Å²) < 4.78 is 13.7. The molecule has 0 spiro atoms. The highest BCUT2D eigenvalue weighted by atomic mass is 19.1. The van der Waals surface area contributed by atoms with Crippen LogP contribution in [-0.2, 0) is 19.5 Å². The summed E-state index contributed by atoms with van der Waals surface area (Å²) in [4.78, 5) is 22.8. The largest absolute Gasteiger partial charge is 0.394 e. The smallest absolute Gasteiger partial charge is 0.318 e. The van der Waals surface area contributed by atoms with Crippen molar-refractivity contribution in [2.24, 2.45) is 0 Å². The molecule has 0 saturated heterocycles. The number of nitrogens with zero attached hydrogens (tertiary/aromatic N) is 4. The van der Waals surface area contributed by atoms with Crippen molar-refractivity contribution in [1.82, 2.24) is 20.2 Å². The lowest BCUT2D eigenvalue weighted by atomic mass is 10.1. The van der Waals surface area contributed by atoms with Gasteiger partial charge in [-0.2, -0.15) is 5.26 Å². The van der Waals surface area contributed by atoms with E-state index in [1.807, 2.05) is 6.92 Å². The molecule has 3 rings (SSSR count). The molecule has 2 heterocycles. The van der Waals surface area contributed by atoms with E-state index in [0.717, 1.165) is 11.3 Å². The number of aliphatic hydroxyl groups is 1. The molecule has 9 heteroatoms. The van der Waals surface area contributed by atoms with E-state index in [2.05, 4.69) is 20.6 Å². The number of hydrogen-bond acceptors (Lipinski definition) is 6. The molecule has 0 fully saturated rings. The summed E-state index contributed by atoms with van der Waals surface area (Å²) in [6, 6.07) is 5.58. The first kappa shape index (κ1) is 19.5. The Morgan fingerprint density at radius 1 is 1.50 bits per heavy atom. The molecule has 0 saturated carbocycles. The molecule has 0 bridgehead atoms. The Bertz CT molecular complexity index is 914. The van der Waals surface area contributed by atoms with Gasteiger partial charge in [-0.25, -0.2) is 19.2 Å². The zero-order chi connectivity index (χ0) is 20.1. The third kappa shape index (κ3) is 4.53. The number of hydrogen-bond donors (Lipinski definition) is 3. The predicted octanol–water partition coefficient (Wildman–Crippen LogP) is 1.55. The Morgan fingerprint density at radius 3 is 3.04 bits per heavy atom. The number of fused-ring (bicyclic) bond motifs is 1. The fraction of sp³-hybridized carbons (Fsp3) is 0.368. The molecular formula is C19H21FN6O2. The molecule has 1 aliphatic heterocycles. The van der Waals surface area contributed by atoms with Crippen LogP contribution >= 0.6 is 0 Å². The first-order valence-electron chi connectivity index (χ1n) is 8.93. The van der Waals surface area contributed by atoms with Crippen LogP contribution in [0.2, 0.25) is 0 Å². The lowest BCUT2D eigenvalue weighted by Crippen LogP contribution is -2.42. The van der Waals surface area contributed by atoms with Crippen LogP contribution in [0.25, 0.3) is 0 Å². The number of carbonyl (C=O) groups is 1. The summed E-state index contributed by atoms with van der Waals surface area (Å²) in [6.07, 6.45) is 2.38. The van der Waals surface area contributed by atoms with Crippen molar-refractivity contribution in [3.63, 3.8) is 0 Å². The number of aromatic nitrogens is 2. The van der Waals surface area contributed by atoms with E-state index < -0.39 is 5.82 Å². The van der Waals surface area contributed by atoms with E-state index >= 15 is 0 Å². The summed E-state index contributed by atoms with van der Waals surface area (Å²) in [5, 5.41) is 23.7. The van der Waals surface area contributed by atoms with Crippen molar-refractivity contribution in [2.45, 2.75) is 32.5 Å². The number of carbonyl (C=O) groups excluding carboxylic acids is 1. The second-order valence-electron chi connectivity index (χ2n) is 6.65. The number of rotatable bonds is 5. The highest BCUT2D eigenvalue weighted by Crippen LogP contribution is 2.18. The second-order valence-corrected chi connectivity index (χ2v) is 6.65. The molecule has 1 aliphatic rings. The number of urea groups is 1. The zero-order valence-electron chi connectivity index (χ0n) is 15.4. The molecule has 28 heavy (non-hydrogen) atoms. The van der Waals surface area contributed by atoms with E-state index in [9.17, 15) is 9.18 Å². The van der Waals surface area contributed by atoms with Crippen LogP contribution in [-0.4, -0.2) is 45.2 Å². The molecule has 2 aromatic rings. The number of benzene rings is 1. The Hall–Kier alpha value is -3.25. The fourth-order valence-electron chi connectivity index (χ4n) is 2.86. The summed E-state index contributed by atoms with van der Waals surface area (Å²) >= 11 is 0. The predicted molar refractivity (Wildman–Crippen MR) is 99.7 cm³/mol. The molecule has 8 nitrogen and oxygen atoms in total. The molecule has 0 radical (unpaired) electrons. The van der Waals surface area contributed by atoms with Crippen molar-refractivity contribution < 1.29 is 14.3 Å². The Morgan fingerprint density at radius 2 is 2.32 bits per heavy atom. The topological polar surface area (TPSA) is 114 Å². The standard InChI is InChI=1S/C19H21FN6O2/c1-12(11-27)24-18-22-9-15-4-5-26(10-17(15)25-18)19(28)23-8-13-2-3-14(7-21)16(20)6-13/h2-3,6,9,12,27H,4-5,8,10-11H2,1H3,(H,23,28)(H,22,24,25)/t12-/m0/s1. The van der Waals surface area contributed by atoms with Gasteiger partial charge in [0.25, 0.3) is 0 Å². The van der Waals surface area contributed by atoms with Gasteiger partial charge in [-0.15, -0.1) is 0 Å². The van der Waals surface area contributed by atoms with Gasteiger partial charge in [0.1, 0.15) is 11.9 Å². The number of halogens is 1. The van der Waals surface area contributed by atoms with Crippen LogP contribution in [0.4, 0.5) is 15.1 Å². The third-order valence-corrected chi connectivity index (χ3v) is 4.48. The maximum absolute atomic E-state index is 13.7. The average molecular weight is 384 g/mol. The number of anilines is 1. The summed E-state index contributed by atoms with van der Waals surface area (Å²) in [5.41, 5.74) is 2.30. The van der Waals surface area contributed by atoms with E-state index in [1.54, 1.807) is 23.2 Å². The molecular weight excluding hydrogens is 363 g/mol. The summed E-state index contributed by atoms with van der Waals surface area (Å²) in [5.74, 6) is -0.189. The van der Waals surface area contributed by atoms with E-state index in [-0.39, 0.29) is 30.8 Å². The maximum atomic E-state index is 13.7. The minimum Gasteiger partial charge on any atom is -0.394 e. The van der Waals surface area contributed by atoms with Crippen molar-refractivity contribution >= 4 is 12.0 Å². The van der Waals surface area contributed by atoms with Crippen LogP contribution in [0.15, 0.2) is 24.4 Å². The quantitative estimate of drug-likeness (QED) is 0.721. The van der Waals surface area contributed by atoms with E-state index in [0.29, 0.717) is 31.0 Å². The van der Waals surface area contributed by atoms with Crippen LogP contribution in [0.5, 0.6) is 0 Å². The minimum absolute atomic E-state index is 0.0256. The highest BCUT2D eigenvalue weighted by Gasteiger charge is 2.22. The SMILES string of the molecule is C[C@@H](CO)Nc1ncc2c(n1)CN(C(=O)NCc1ccc(C#N)c(F)c1)CC2. The first-order chi connectivity index (χ1) is 13.5. The minimum atomic E-state index is -0.602. The fourth-order valence-corrected chi connectivity index (χ4v) is 2.86. The van der Waals surface area contributed by atoms with E-state index in [1.165, 1.54) is 12.1 Å². The summed E-state index contributed by atoms with van der Waals surface area (Å²) in [6.45, 7) is 2.81. The lowest BCUT2D eigenvalue weighted by Gasteiger charge is -2.28. The Balaban J connectivity index is 1.61. The van der Waals surface area contributed by atoms with Gasteiger partial charge < -0.3 is 20.6 Å². The van der Waals surface area contributed by atoms with Gasteiger partial charge in [-0.1, -0.05) is 6.07 Å². The highest BCUT2D eigenvalue weighted by molar-refractivity contribution is 5.74. The monoisotopic (exact) mass is 384 g/mol. The van der Waals surface area contributed by atoms with Crippen LogP contribution < -0.4 is 10.6 Å². The Kier molecular flexibility index (Phi) is 6.01. The van der Waals surface area contributed by atoms with Crippen LogP contribution in [0.1, 0.15) is 29.3 Å². The van der Waals surface area contributed by atoms with Gasteiger partial charge in [-0.05, 0) is 36.6 Å². The van der Waals surface area contributed by atoms with Crippen molar-refractivity contribution in [3.8, 4) is 6.07 Å². The molecule has 0 unspecified atom stereocenters. The van der Waals surface area contributed by atoms with Crippen molar-refractivity contribution in [2.75, 3.05) is 18.5 Å². The van der Waals surface area contributed by atoms with Gasteiger partial charge in [0, 0.05) is 25.3 Å². The van der Waals surface area contributed by atoms with Crippen LogP contribution in [0, 0.1) is 17.1 Å². The maximum Gasteiger partial charge on any atom is 0.318 e. The van der Waals surface area contributed by atoms with Crippen LogP contribution in [0.3, 0.4) is 0 Å². The molecule has 2 amide bonds. The molecule has 3 N–H and O–H groups in total. The van der Waals surface area contributed by atoms with Gasteiger partial charge in [0.2, 0.25) is 5.95 Å². The van der Waals surface area contributed by atoms with Gasteiger partial charge in [0.05, 0.1) is 24.4 Å². The Labute approximate surface area is 162 Å². The van der Waals surface area contributed by atoms with Gasteiger partial charge >= 0.3 is 6.03 Å². The first-order valence-corrected chi connectivity index (χ1v) is 8.93. The average Bonchev–Trinajstić information content (AvgIpc) is 2.71. The van der Waals surface area contributed by atoms with E-state index in [4.69, 9.17) is 10.4 Å². The molecule has 1 aromatic heterocycles. The molecule has 146 valence electrons. The zero-order valence-corrected chi connectivity index (χ0v) is 15.4. The second kappa shape index (κ2) is 8.63. The number of nitrogens with one attached hydrogen (secondary N) is 2. The molecule has 1 atom stereocenters. The number of nitriles is 1.